The fraction of sp³-hybridized carbons (Fsp3) is 0.100. The highest BCUT2D eigenvalue weighted by atomic mass is 35.5. The number of hydrogen-bond acceptors (Lipinski definition) is 3. The molecule has 0 atom stereocenters. The zero-order valence-corrected chi connectivity index (χ0v) is 9.94. The monoisotopic (exact) mass is 259 g/mol. The molecule has 15 heavy (non-hydrogen) atoms. The summed E-state index contributed by atoms with van der Waals surface area (Å²) in [7, 11) is 0. The van der Waals surface area contributed by atoms with Crippen LogP contribution in [0.2, 0.25) is 10.0 Å². The molecule has 78 valence electrons. The molecule has 1 heterocycles. The Bertz CT molecular complexity index is 445. The van der Waals surface area contributed by atoms with Gasteiger partial charge in [0.05, 0.1) is 16.2 Å². The average molecular weight is 260 g/mol. The molecule has 0 aliphatic carbocycles. The number of nitrogens with zero attached hydrogens (tertiary/aromatic N) is 1. The first kappa shape index (κ1) is 10.7. The predicted octanol–water partition coefficient (Wildman–Crippen LogP) is 4.03. The minimum absolute atomic E-state index is 0.406. The van der Waals surface area contributed by atoms with Crippen LogP contribution in [-0.2, 0) is 6.61 Å². The lowest BCUT2D eigenvalue weighted by atomic mass is 10.3. The Balaban J connectivity index is 2.07. The molecule has 2 nitrogen and oxygen atoms in total. The summed E-state index contributed by atoms with van der Waals surface area (Å²) in [6.45, 7) is 0.406. The van der Waals surface area contributed by atoms with Crippen LogP contribution >= 0.6 is 34.5 Å². The minimum atomic E-state index is 0.406. The molecular weight excluding hydrogens is 253 g/mol. The van der Waals surface area contributed by atoms with Gasteiger partial charge in [-0.3, -0.25) is 0 Å². The lowest BCUT2D eigenvalue weighted by molar-refractivity contribution is 0.302. The van der Waals surface area contributed by atoms with Gasteiger partial charge in [0.2, 0.25) is 0 Å². The molecule has 1 aromatic carbocycles. The molecule has 2 rings (SSSR count). The molecule has 0 saturated carbocycles. The van der Waals surface area contributed by atoms with Crippen LogP contribution < -0.4 is 4.74 Å². The third-order valence-electron chi connectivity index (χ3n) is 1.75. The van der Waals surface area contributed by atoms with E-state index in [0.717, 1.165) is 5.69 Å². The Morgan fingerprint density at radius 2 is 2.20 bits per heavy atom. The van der Waals surface area contributed by atoms with Crippen LogP contribution in [0.15, 0.2) is 29.1 Å². The van der Waals surface area contributed by atoms with Gasteiger partial charge in [0.15, 0.2) is 0 Å². The first-order chi connectivity index (χ1) is 7.25. The largest absolute Gasteiger partial charge is 0.486 e. The molecule has 5 heteroatoms. The number of aromatic nitrogens is 1. The maximum absolute atomic E-state index is 5.93. The Labute approximate surface area is 101 Å². The quantitative estimate of drug-likeness (QED) is 0.831. The van der Waals surface area contributed by atoms with Crippen molar-refractivity contribution in [2.24, 2.45) is 0 Å². The fourth-order valence-corrected chi connectivity index (χ4v) is 1.93. The van der Waals surface area contributed by atoms with Gasteiger partial charge in [0.1, 0.15) is 12.4 Å². The third-order valence-corrected chi connectivity index (χ3v) is 2.93. The van der Waals surface area contributed by atoms with Crippen molar-refractivity contribution in [3.8, 4) is 5.75 Å². The zero-order chi connectivity index (χ0) is 10.7. The standard InChI is InChI=1S/C10H7Cl2NOS/c11-7-1-2-9(12)10(3-7)14-4-8-5-15-6-13-8/h1-3,5-6H,4H2. The van der Waals surface area contributed by atoms with Crippen LogP contribution in [0, 0.1) is 0 Å². The second-order valence-electron chi connectivity index (χ2n) is 2.84. The maximum Gasteiger partial charge on any atom is 0.139 e. The minimum Gasteiger partial charge on any atom is -0.486 e. The Hall–Kier alpha value is -0.770. The van der Waals surface area contributed by atoms with E-state index < -0.39 is 0 Å². The molecule has 1 aromatic heterocycles. The fourth-order valence-electron chi connectivity index (χ4n) is 1.05. The highest BCUT2D eigenvalue weighted by Crippen LogP contribution is 2.28. The molecule has 0 aliphatic rings. The molecule has 0 saturated heterocycles. The summed E-state index contributed by atoms with van der Waals surface area (Å²) in [5.41, 5.74) is 2.65. The van der Waals surface area contributed by atoms with Gasteiger partial charge in [-0.1, -0.05) is 23.2 Å². The van der Waals surface area contributed by atoms with Crippen LogP contribution in [0.1, 0.15) is 5.69 Å². The first-order valence-corrected chi connectivity index (χ1v) is 5.90. The van der Waals surface area contributed by atoms with Crippen molar-refractivity contribution in [2.75, 3.05) is 0 Å². The molecule has 0 aliphatic heterocycles. The van der Waals surface area contributed by atoms with E-state index in [1.165, 1.54) is 11.3 Å². The second-order valence-corrected chi connectivity index (χ2v) is 4.41. The normalized spacial score (nSPS) is 10.3. The van der Waals surface area contributed by atoms with Crippen molar-refractivity contribution >= 4 is 34.5 Å². The van der Waals surface area contributed by atoms with E-state index in [-0.39, 0.29) is 0 Å². The molecule has 2 aromatic rings. The summed E-state index contributed by atoms with van der Waals surface area (Å²) >= 11 is 13.3. The lowest BCUT2D eigenvalue weighted by Crippen LogP contribution is -1.95. The number of rotatable bonds is 3. The van der Waals surface area contributed by atoms with E-state index in [1.54, 1.807) is 23.7 Å². The molecule has 0 fully saturated rings. The summed E-state index contributed by atoms with van der Waals surface area (Å²) in [5, 5.41) is 3.08. The molecule has 0 spiro atoms. The zero-order valence-electron chi connectivity index (χ0n) is 7.61. The molecule has 0 bridgehead atoms. The summed E-state index contributed by atoms with van der Waals surface area (Å²) in [4.78, 5) is 4.10. The number of benzene rings is 1. The summed E-state index contributed by atoms with van der Waals surface area (Å²) in [5.74, 6) is 0.581. The van der Waals surface area contributed by atoms with Crippen LogP contribution in [0.4, 0.5) is 0 Å². The van der Waals surface area contributed by atoms with Gasteiger partial charge in [0, 0.05) is 16.5 Å². The third kappa shape index (κ3) is 2.84. The first-order valence-electron chi connectivity index (χ1n) is 4.20. The SMILES string of the molecule is Clc1ccc(Cl)c(OCc2cscn2)c1. The van der Waals surface area contributed by atoms with E-state index in [1.807, 2.05) is 5.38 Å². The second kappa shape index (κ2) is 4.84. The maximum atomic E-state index is 5.93. The average Bonchev–Trinajstić information content (AvgIpc) is 2.72. The van der Waals surface area contributed by atoms with Gasteiger partial charge in [-0.15, -0.1) is 11.3 Å². The highest BCUT2D eigenvalue weighted by molar-refractivity contribution is 7.07. The van der Waals surface area contributed by atoms with Crippen LogP contribution in [0.5, 0.6) is 5.75 Å². The number of ether oxygens (including phenoxy) is 1. The van der Waals surface area contributed by atoms with Gasteiger partial charge in [-0.25, -0.2) is 4.98 Å². The van der Waals surface area contributed by atoms with Gasteiger partial charge in [0.25, 0.3) is 0 Å². The Kier molecular flexibility index (Phi) is 3.46. The van der Waals surface area contributed by atoms with Crippen molar-refractivity contribution in [3.05, 3.63) is 44.8 Å². The lowest BCUT2D eigenvalue weighted by Gasteiger charge is -2.06. The van der Waals surface area contributed by atoms with Crippen LogP contribution in [0.25, 0.3) is 0 Å². The van der Waals surface area contributed by atoms with Gasteiger partial charge >= 0.3 is 0 Å². The summed E-state index contributed by atoms with van der Waals surface area (Å²) < 4.78 is 5.49. The van der Waals surface area contributed by atoms with E-state index in [2.05, 4.69) is 4.98 Å². The molecule has 0 unspecified atom stereocenters. The predicted molar refractivity (Wildman–Crippen MR) is 62.9 cm³/mol. The van der Waals surface area contributed by atoms with E-state index in [0.29, 0.717) is 22.4 Å². The van der Waals surface area contributed by atoms with Crippen LogP contribution in [0.3, 0.4) is 0 Å². The molecule has 0 radical (unpaired) electrons. The van der Waals surface area contributed by atoms with Crippen molar-refractivity contribution in [2.45, 2.75) is 6.61 Å². The summed E-state index contributed by atoms with van der Waals surface area (Å²) in [6, 6.07) is 5.12. The van der Waals surface area contributed by atoms with E-state index in [4.69, 9.17) is 27.9 Å². The summed E-state index contributed by atoms with van der Waals surface area (Å²) in [6.07, 6.45) is 0. The van der Waals surface area contributed by atoms with Crippen molar-refractivity contribution < 1.29 is 4.74 Å². The molecule has 0 N–H and O–H groups in total. The van der Waals surface area contributed by atoms with Crippen molar-refractivity contribution in [1.29, 1.82) is 0 Å². The smallest absolute Gasteiger partial charge is 0.139 e. The van der Waals surface area contributed by atoms with Gasteiger partial charge in [-0.2, -0.15) is 0 Å². The van der Waals surface area contributed by atoms with Crippen LogP contribution in [-0.4, -0.2) is 4.98 Å². The van der Waals surface area contributed by atoms with Crippen molar-refractivity contribution in [3.63, 3.8) is 0 Å². The molecule has 0 amide bonds. The van der Waals surface area contributed by atoms with E-state index in [9.17, 15) is 0 Å². The number of halogens is 2. The van der Waals surface area contributed by atoms with Crippen molar-refractivity contribution in [1.82, 2.24) is 4.98 Å². The number of thiazole rings is 1. The van der Waals surface area contributed by atoms with Gasteiger partial charge < -0.3 is 4.74 Å². The Morgan fingerprint density at radius 1 is 1.33 bits per heavy atom. The highest BCUT2D eigenvalue weighted by Gasteiger charge is 2.03. The molecular formula is C10H7Cl2NOS. The Morgan fingerprint density at radius 3 is 2.93 bits per heavy atom. The van der Waals surface area contributed by atoms with Gasteiger partial charge in [-0.05, 0) is 12.1 Å². The topological polar surface area (TPSA) is 22.1 Å². The number of hydrogen-bond donors (Lipinski definition) is 0. The van der Waals surface area contributed by atoms with E-state index >= 15 is 0 Å².